The maximum Gasteiger partial charge on any atom is 0.0406 e. The van der Waals surface area contributed by atoms with Crippen molar-refractivity contribution in [3.8, 4) is 0 Å². The zero-order valence-corrected chi connectivity index (χ0v) is 13.1. The lowest BCUT2D eigenvalue weighted by Gasteiger charge is -2.35. The number of rotatable bonds is 5. The van der Waals surface area contributed by atoms with E-state index in [0.29, 0.717) is 11.5 Å². The Hall–Kier alpha value is -0.530. The molecule has 0 aliphatic heterocycles. The summed E-state index contributed by atoms with van der Waals surface area (Å²) < 4.78 is 0. The van der Waals surface area contributed by atoms with Crippen LogP contribution in [0.15, 0.2) is 24.3 Å². The molecule has 1 aliphatic carbocycles. The van der Waals surface area contributed by atoms with E-state index in [-0.39, 0.29) is 0 Å². The molecule has 1 nitrogen and oxygen atoms in total. The van der Waals surface area contributed by atoms with Crippen LogP contribution in [0.3, 0.4) is 0 Å². The molecule has 1 aromatic rings. The minimum Gasteiger partial charge on any atom is -0.310 e. The highest BCUT2D eigenvalue weighted by atomic mass is 35.5. The molecular weight excluding hydrogens is 254 g/mol. The number of halogens is 1. The first-order valence-corrected chi connectivity index (χ1v) is 7.91. The lowest BCUT2D eigenvalue weighted by atomic mass is 9.75. The molecular formula is C17H26ClN. The van der Waals surface area contributed by atoms with E-state index in [9.17, 15) is 0 Å². The Labute approximate surface area is 122 Å². The van der Waals surface area contributed by atoms with Crippen LogP contribution in [0.5, 0.6) is 0 Å². The van der Waals surface area contributed by atoms with E-state index in [0.717, 1.165) is 17.5 Å². The average Bonchev–Trinajstić information content (AvgIpc) is 2.72. The van der Waals surface area contributed by atoms with Crippen LogP contribution in [-0.2, 0) is 0 Å². The molecule has 0 bridgehead atoms. The largest absolute Gasteiger partial charge is 0.310 e. The molecule has 2 unspecified atom stereocenters. The van der Waals surface area contributed by atoms with E-state index in [1.165, 1.54) is 31.2 Å². The van der Waals surface area contributed by atoms with E-state index >= 15 is 0 Å². The van der Waals surface area contributed by atoms with Crippen LogP contribution < -0.4 is 5.32 Å². The molecule has 2 rings (SSSR count). The van der Waals surface area contributed by atoms with Crippen LogP contribution in [-0.4, -0.2) is 6.54 Å². The molecule has 106 valence electrons. The molecule has 1 saturated carbocycles. The van der Waals surface area contributed by atoms with Crippen molar-refractivity contribution in [3.05, 3.63) is 34.9 Å². The average molecular weight is 280 g/mol. The SMILES string of the molecule is CCCNC(c1ccc(Cl)cc1)C1CCCC1(C)C. The highest BCUT2D eigenvalue weighted by Crippen LogP contribution is 2.48. The summed E-state index contributed by atoms with van der Waals surface area (Å²) in [6.45, 7) is 8.15. The summed E-state index contributed by atoms with van der Waals surface area (Å²) in [5.41, 5.74) is 1.82. The minimum absolute atomic E-state index is 0.436. The molecule has 0 radical (unpaired) electrons. The van der Waals surface area contributed by atoms with Crippen molar-refractivity contribution >= 4 is 11.6 Å². The number of hydrogen-bond donors (Lipinski definition) is 1. The third-order valence-electron chi connectivity index (χ3n) is 4.59. The molecule has 1 fully saturated rings. The summed E-state index contributed by atoms with van der Waals surface area (Å²) in [5.74, 6) is 0.722. The number of benzene rings is 1. The highest BCUT2D eigenvalue weighted by molar-refractivity contribution is 6.30. The van der Waals surface area contributed by atoms with E-state index in [1.807, 2.05) is 12.1 Å². The predicted octanol–water partition coefficient (Wildman–Crippen LogP) is 5.21. The van der Waals surface area contributed by atoms with Gasteiger partial charge in [-0.3, -0.25) is 0 Å². The van der Waals surface area contributed by atoms with Crippen molar-refractivity contribution < 1.29 is 0 Å². The summed E-state index contributed by atoms with van der Waals surface area (Å²) in [5, 5.41) is 4.58. The lowest BCUT2D eigenvalue weighted by Crippen LogP contribution is -2.34. The second-order valence-corrected chi connectivity index (χ2v) is 6.91. The van der Waals surface area contributed by atoms with Gasteiger partial charge in [-0.25, -0.2) is 0 Å². The van der Waals surface area contributed by atoms with E-state index in [1.54, 1.807) is 0 Å². The summed E-state index contributed by atoms with van der Waals surface area (Å²) in [7, 11) is 0. The van der Waals surface area contributed by atoms with Gasteiger partial charge in [0.15, 0.2) is 0 Å². The first kappa shape index (κ1) is 14.9. The third-order valence-corrected chi connectivity index (χ3v) is 4.84. The third kappa shape index (κ3) is 3.52. The van der Waals surface area contributed by atoms with Gasteiger partial charge in [0, 0.05) is 11.1 Å². The van der Waals surface area contributed by atoms with Crippen LogP contribution in [0, 0.1) is 11.3 Å². The van der Waals surface area contributed by atoms with Gasteiger partial charge in [-0.2, -0.15) is 0 Å². The summed E-state index contributed by atoms with van der Waals surface area (Å²) in [6, 6.07) is 8.86. The maximum absolute atomic E-state index is 6.02. The van der Waals surface area contributed by atoms with Crippen LogP contribution in [0.25, 0.3) is 0 Å². The number of hydrogen-bond acceptors (Lipinski definition) is 1. The Kier molecular flexibility index (Phi) is 4.92. The van der Waals surface area contributed by atoms with Gasteiger partial charge in [0.25, 0.3) is 0 Å². The molecule has 1 N–H and O–H groups in total. The molecule has 0 heterocycles. The molecule has 0 amide bonds. The first-order chi connectivity index (χ1) is 9.04. The van der Waals surface area contributed by atoms with E-state index in [2.05, 4.69) is 38.2 Å². The Morgan fingerprint density at radius 1 is 1.32 bits per heavy atom. The quantitative estimate of drug-likeness (QED) is 0.780. The molecule has 2 heteroatoms. The van der Waals surface area contributed by atoms with Gasteiger partial charge in [-0.05, 0) is 54.8 Å². The van der Waals surface area contributed by atoms with Gasteiger partial charge in [0.2, 0.25) is 0 Å². The monoisotopic (exact) mass is 279 g/mol. The normalized spacial score (nSPS) is 23.5. The van der Waals surface area contributed by atoms with Gasteiger partial charge in [0.05, 0.1) is 0 Å². The smallest absolute Gasteiger partial charge is 0.0406 e. The molecule has 0 saturated heterocycles. The van der Waals surface area contributed by atoms with Crippen molar-refractivity contribution in [2.45, 2.75) is 52.5 Å². The van der Waals surface area contributed by atoms with Crippen LogP contribution in [0.4, 0.5) is 0 Å². The maximum atomic E-state index is 6.02. The topological polar surface area (TPSA) is 12.0 Å². The Morgan fingerprint density at radius 2 is 2.00 bits per heavy atom. The fourth-order valence-corrected chi connectivity index (χ4v) is 3.56. The van der Waals surface area contributed by atoms with Crippen molar-refractivity contribution in [2.24, 2.45) is 11.3 Å². The minimum atomic E-state index is 0.436. The van der Waals surface area contributed by atoms with Crippen molar-refractivity contribution in [2.75, 3.05) is 6.54 Å². The van der Waals surface area contributed by atoms with Crippen molar-refractivity contribution in [1.29, 1.82) is 0 Å². The zero-order chi connectivity index (χ0) is 13.9. The zero-order valence-electron chi connectivity index (χ0n) is 12.4. The van der Waals surface area contributed by atoms with Crippen molar-refractivity contribution in [3.63, 3.8) is 0 Å². The van der Waals surface area contributed by atoms with Crippen LogP contribution >= 0.6 is 11.6 Å². The predicted molar refractivity (Wildman–Crippen MR) is 83.6 cm³/mol. The van der Waals surface area contributed by atoms with E-state index < -0.39 is 0 Å². The van der Waals surface area contributed by atoms with Gasteiger partial charge in [0.1, 0.15) is 0 Å². The van der Waals surface area contributed by atoms with E-state index in [4.69, 9.17) is 11.6 Å². The molecule has 0 spiro atoms. The molecule has 1 aliphatic rings. The second-order valence-electron chi connectivity index (χ2n) is 6.47. The van der Waals surface area contributed by atoms with Gasteiger partial charge >= 0.3 is 0 Å². The van der Waals surface area contributed by atoms with Crippen molar-refractivity contribution in [1.82, 2.24) is 5.32 Å². The molecule has 2 atom stereocenters. The van der Waals surface area contributed by atoms with Crippen LogP contribution in [0.2, 0.25) is 5.02 Å². The first-order valence-electron chi connectivity index (χ1n) is 7.53. The Bertz CT molecular complexity index is 396. The second kappa shape index (κ2) is 6.28. The fraction of sp³-hybridized carbons (Fsp3) is 0.647. The Morgan fingerprint density at radius 3 is 2.53 bits per heavy atom. The van der Waals surface area contributed by atoms with Gasteiger partial charge in [-0.15, -0.1) is 0 Å². The molecule has 19 heavy (non-hydrogen) atoms. The molecule has 1 aromatic carbocycles. The Balaban J connectivity index is 2.22. The lowest BCUT2D eigenvalue weighted by molar-refractivity contribution is 0.198. The standard InChI is InChI=1S/C17H26ClN/c1-4-12-19-16(13-7-9-14(18)10-8-13)15-6-5-11-17(15,2)3/h7-10,15-16,19H,4-6,11-12H2,1-3H3. The summed E-state index contributed by atoms with van der Waals surface area (Å²) >= 11 is 6.02. The van der Waals surface area contributed by atoms with Gasteiger partial charge in [-0.1, -0.05) is 50.9 Å². The van der Waals surface area contributed by atoms with Gasteiger partial charge < -0.3 is 5.32 Å². The van der Waals surface area contributed by atoms with Crippen LogP contribution in [0.1, 0.15) is 58.1 Å². The summed E-state index contributed by atoms with van der Waals surface area (Å²) in [6.07, 6.45) is 5.21. The fourth-order valence-electron chi connectivity index (χ4n) is 3.43. The number of nitrogens with one attached hydrogen (secondary N) is 1. The molecule has 0 aromatic heterocycles. The summed E-state index contributed by atoms with van der Waals surface area (Å²) in [4.78, 5) is 0. The highest BCUT2D eigenvalue weighted by Gasteiger charge is 2.39.